The van der Waals surface area contributed by atoms with Crippen LogP contribution >= 0.6 is 0 Å². The molecule has 9 nitrogen and oxygen atoms in total. The van der Waals surface area contributed by atoms with E-state index in [-0.39, 0.29) is 22.8 Å². The number of aromatic amines is 1. The number of carboxylic acids is 1. The lowest BCUT2D eigenvalue weighted by atomic mass is 10.1. The Kier molecular flexibility index (Phi) is 4.29. The lowest BCUT2D eigenvalue weighted by Gasteiger charge is -2.08. The summed E-state index contributed by atoms with van der Waals surface area (Å²) in [7, 11) is -3.85. The van der Waals surface area contributed by atoms with Gasteiger partial charge in [-0.25, -0.2) is 17.9 Å². The number of nitrogens with zero attached hydrogens (tertiary/aromatic N) is 3. The van der Waals surface area contributed by atoms with Gasteiger partial charge in [0.25, 0.3) is 0 Å². The number of aromatic carboxylic acids is 1. The molecular formula is C11H13N5O4S. The van der Waals surface area contributed by atoms with E-state index in [9.17, 15) is 13.2 Å². The number of sulfonamides is 1. The first-order valence-electron chi connectivity index (χ1n) is 6.02. The van der Waals surface area contributed by atoms with Crippen LogP contribution in [0, 0.1) is 0 Å². The zero-order chi connectivity index (χ0) is 15.5. The standard InChI is InChI=1S/C11H13N5O4S/c1-2-7-3-4-8(5-9(7)11(17)18)21(19,20)12-6-10-13-15-16-14-10/h3-5,12H,2,6H2,1H3,(H,17,18)(H,13,14,15,16). The summed E-state index contributed by atoms with van der Waals surface area (Å²) in [4.78, 5) is 11.0. The van der Waals surface area contributed by atoms with E-state index >= 15 is 0 Å². The van der Waals surface area contributed by atoms with Gasteiger partial charge >= 0.3 is 5.97 Å². The molecule has 0 aliphatic heterocycles. The van der Waals surface area contributed by atoms with Crippen LogP contribution in [0.1, 0.15) is 28.7 Å². The van der Waals surface area contributed by atoms with Gasteiger partial charge in [0.05, 0.1) is 17.0 Å². The highest BCUT2D eigenvalue weighted by Gasteiger charge is 2.18. The van der Waals surface area contributed by atoms with Crippen LogP contribution in [0.2, 0.25) is 0 Å². The van der Waals surface area contributed by atoms with Crippen LogP contribution in [0.4, 0.5) is 0 Å². The minimum atomic E-state index is -3.85. The van der Waals surface area contributed by atoms with Crippen molar-refractivity contribution in [1.29, 1.82) is 0 Å². The normalized spacial score (nSPS) is 11.5. The van der Waals surface area contributed by atoms with E-state index in [0.717, 1.165) is 6.07 Å². The number of hydrogen-bond acceptors (Lipinski definition) is 6. The number of H-pyrrole nitrogens is 1. The molecule has 0 atom stereocenters. The number of rotatable bonds is 6. The molecule has 0 bridgehead atoms. The van der Waals surface area contributed by atoms with Gasteiger partial charge in [-0.05, 0) is 24.1 Å². The van der Waals surface area contributed by atoms with Crippen LogP contribution in [0.25, 0.3) is 0 Å². The Morgan fingerprint density at radius 3 is 2.76 bits per heavy atom. The molecule has 1 heterocycles. The van der Waals surface area contributed by atoms with E-state index in [0.29, 0.717) is 12.0 Å². The Balaban J connectivity index is 2.27. The second kappa shape index (κ2) is 5.97. The summed E-state index contributed by atoms with van der Waals surface area (Å²) in [5, 5.41) is 21.9. The van der Waals surface area contributed by atoms with Gasteiger partial charge < -0.3 is 5.11 Å². The van der Waals surface area contributed by atoms with Crippen molar-refractivity contribution < 1.29 is 18.3 Å². The van der Waals surface area contributed by atoms with Crippen molar-refractivity contribution in [2.45, 2.75) is 24.8 Å². The van der Waals surface area contributed by atoms with Gasteiger partial charge in [-0.2, -0.15) is 5.21 Å². The first kappa shape index (κ1) is 15.1. The Hall–Kier alpha value is -2.33. The molecule has 0 radical (unpaired) electrons. The highest BCUT2D eigenvalue weighted by atomic mass is 32.2. The summed E-state index contributed by atoms with van der Waals surface area (Å²) >= 11 is 0. The first-order chi connectivity index (χ1) is 9.94. The van der Waals surface area contributed by atoms with Gasteiger partial charge in [0.1, 0.15) is 0 Å². The van der Waals surface area contributed by atoms with E-state index in [1.165, 1.54) is 12.1 Å². The van der Waals surface area contributed by atoms with Crippen LogP contribution in [-0.2, 0) is 23.0 Å². The molecule has 0 aliphatic rings. The third-order valence-corrected chi connectivity index (χ3v) is 4.21. The average Bonchev–Trinajstić information content (AvgIpc) is 2.97. The number of carbonyl (C=O) groups is 1. The highest BCUT2D eigenvalue weighted by molar-refractivity contribution is 7.89. The molecule has 0 amide bonds. The summed E-state index contributed by atoms with van der Waals surface area (Å²) in [6.07, 6.45) is 0.498. The number of aryl methyl sites for hydroxylation is 1. The van der Waals surface area contributed by atoms with Gasteiger partial charge in [-0.3, -0.25) is 0 Å². The maximum absolute atomic E-state index is 12.1. The second-order valence-electron chi connectivity index (χ2n) is 4.13. The molecule has 1 aromatic carbocycles. The van der Waals surface area contributed by atoms with Crippen molar-refractivity contribution in [2.75, 3.05) is 0 Å². The SMILES string of the molecule is CCc1ccc(S(=O)(=O)NCc2nn[nH]n2)cc1C(=O)O. The van der Waals surface area contributed by atoms with Crippen molar-refractivity contribution in [2.24, 2.45) is 0 Å². The minimum Gasteiger partial charge on any atom is -0.478 e. The molecule has 0 aliphatic carbocycles. The number of tetrazole rings is 1. The zero-order valence-electron chi connectivity index (χ0n) is 11.1. The summed E-state index contributed by atoms with van der Waals surface area (Å²) < 4.78 is 26.5. The fourth-order valence-electron chi connectivity index (χ4n) is 1.73. The molecule has 2 aromatic rings. The number of carboxylic acid groups (broad SMARTS) is 1. The van der Waals surface area contributed by atoms with Gasteiger partial charge in [0, 0.05) is 0 Å². The smallest absolute Gasteiger partial charge is 0.336 e. The molecule has 3 N–H and O–H groups in total. The summed E-state index contributed by atoms with van der Waals surface area (Å²) in [6, 6.07) is 4.00. The van der Waals surface area contributed by atoms with E-state index < -0.39 is 16.0 Å². The summed E-state index contributed by atoms with van der Waals surface area (Å²) in [5.41, 5.74) is 0.541. The van der Waals surface area contributed by atoms with E-state index in [1.54, 1.807) is 6.92 Å². The monoisotopic (exact) mass is 311 g/mol. The summed E-state index contributed by atoms with van der Waals surface area (Å²) in [5.74, 6) is -0.982. The molecule has 112 valence electrons. The van der Waals surface area contributed by atoms with Crippen molar-refractivity contribution in [1.82, 2.24) is 25.3 Å². The quantitative estimate of drug-likeness (QED) is 0.679. The van der Waals surface area contributed by atoms with Crippen LogP contribution in [0.5, 0.6) is 0 Å². The third kappa shape index (κ3) is 3.41. The average molecular weight is 311 g/mol. The Labute approximate surface area is 120 Å². The molecule has 0 saturated carbocycles. The van der Waals surface area contributed by atoms with Crippen LogP contribution < -0.4 is 4.72 Å². The largest absolute Gasteiger partial charge is 0.478 e. The van der Waals surface area contributed by atoms with Crippen molar-refractivity contribution >= 4 is 16.0 Å². The number of benzene rings is 1. The van der Waals surface area contributed by atoms with E-state index in [1.807, 2.05) is 0 Å². The molecule has 10 heteroatoms. The van der Waals surface area contributed by atoms with E-state index in [2.05, 4.69) is 25.3 Å². The zero-order valence-corrected chi connectivity index (χ0v) is 11.9. The predicted octanol–water partition coefficient (Wildman–Crippen LogP) is -0.0612. The minimum absolute atomic E-state index is 0.0278. The molecule has 0 spiro atoms. The molecule has 0 unspecified atom stereocenters. The Morgan fingerprint density at radius 1 is 1.43 bits per heavy atom. The lowest BCUT2D eigenvalue weighted by Crippen LogP contribution is -2.24. The predicted molar refractivity (Wildman–Crippen MR) is 71.0 cm³/mol. The topological polar surface area (TPSA) is 138 Å². The third-order valence-electron chi connectivity index (χ3n) is 2.81. The van der Waals surface area contributed by atoms with E-state index in [4.69, 9.17) is 5.11 Å². The Bertz CT molecular complexity index is 742. The maximum atomic E-state index is 12.1. The molecule has 0 saturated heterocycles. The maximum Gasteiger partial charge on any atom is 0.336 e. The first-order valence-corrected chi connectivity index (χ1v) is 7.50. The van der Waals surface area contributed by atoms with Crippen LogP contribution in [0.3, 0.4) is 0 Å². The van der Waals surface area contributed by atoms with Crippen LogP contribution in [0.15, 0.2) is 23.1 Å². The van der Waals surface area contributed by atoms with Gasteiger partial charge in [-0.1, -0.05) is 18.2 Å². The van der Waals surface area contributed by atoms with Gasteiger partial charge in [0.15, 0.2) is 5.82 Å². The Morgan fingerprint density at radius 2 is 2.19 bits per heavy atom. The second-order valence-corrected chi connectivity index (χ2v) is 5.90. The number of hydrogen-bond donors (Lipinski definition) is 3. The highest BCUT2D eigenvalue weighted by Crippen LogP contribution is 2.17. The van der Waals surface area contributed by atoms with Crippen molar-refractivity contribution in [3.05, 3.63) is 35.2 Å². The van der Waals surface area contributed by atoms with Crippen LogP contribution in [-0.4, -0.2) is 40.1 Å². The molecule has 1 aromatic heterocycles. The lowest BCUT2D eigenvalue weighted by molar-refractivity contribution is 0.0695. The van der Waals surface area contributed by atoms with Gasteiger partial charge in [-0.15, -0.1) is 10.2 Å². The summed E-state index contributed by atoms with van der Waals surface area (Å²) in [6.45, 7) is 1.65. The fourth-order valence-corrected chi connectivity index (χ4v) is 2.74. The number of nitrogens with one attached hydrogen (secondary N) is 2. The molecule has 0 fully saturated rings. The molecule has 21 heavy (non-hydrogen) atoms. The fraction of sp³-hybridized carbons (Fsp3) is 0.273. The molecular weight excluding hydrogens is 298 g/mol. The van der Waals surface area contributed by atoms with Gasteiger partial charge in [0.2, 0.25) is 10.0 Å². The molecule has 2 rings (SSSR count). The van der Waals surface area contributed by atoms with Crippen molar-refractivity contribution in [3.8, 4) is 0 Å². The van der Waals surface area contributed by atoms with Crippen molar-refractivity contribution in [3.63, 3.8) is 0 Å². The number of aromatic nitrogens is 4.